The van der Waals surface area contributed by atoms with Crippen molar-refractivity contribution in [3.05, 3.63) is 29.6 Å². The molecule has 0 aromatic heterocycles. The van der Waals surface area contributed by atoms with Crippen LogP contribution in [0.1, 0.15) is 24.8 Å². The van der Waals surface area contributed by atoms with Gasteiger partial charge in [-0.15, -0.1) is 0 Å². The average molecular weight is 235 g/mol. The molecule has 0 saturated heterocycles. The molecular weight excluding hydrogens is 221 g/mol. The Labute approximate surface area is 99.3 Å². The predicted octanol–water partition coefficient (Wildman–Crippen LogP) is 2.84. The first kappa shape index (κ1) is 11.8. The first-order valence-electron chi connectivity index (χ1n) is 5.74. The van der Waals surface area contributed by atoms with E-state index in [9.17, 15) is 9.18 Å². The molecule has 1 aromatic carbocycles. The largest absolute Gasteiger partial charge is 0.490 e. The van der Waals surface area contributed by atoms with Crippen molar-refractivity contribution >= 4 is 6.08 Å². The number of hydrogen-bond acceptors (Lipinski definition) is 3. The van der Waals surface area contributed by atoms with Crippen molar-refractivity contribution < 1.29 is 13.9 Å². The van der Waals surface area contributed by atoms with Crippen LogP contribution in [0.15, 0.2) is 23.2 Å². The summed E-state index contributed by atoms with van der Waals surface area (Å²) in [6.07, 6.45) is 5.02. The van der Waals surface area contributed by atoms with Gasteiger partial charge in [0.1, 0.15) is 0 Å². The van der Waals surface area contributed by atoms with Gasteiger partial charge in [-0.1, -0.05) is 12.5 Å². The van der Waals surface area contributed by atoms with Crippen LogP contribution in [-0.4, -0.2) is 12.7 Å². The number of nitrogens with zero attached hydrogens (tertiary/aromatic N) is 1. The molecule has 1 fully saturated rings. The first-order chi connectivity index (χ1) is 8.29. The summed E-state index contributed by atoms with van der Waals surface area (Å²) in [4.78, 5) is 13.3. The molecule has 4 heteroatoms. The van der Waals surface area contributed by atoms with Crippen molar-refractivity contribution in [1.82, 2.24) is 0 Å². The quantitative estimate of drug-likeness (QED) is 0.581. The molecule has 0 spiro atoms. The summed E-state index contributed by atoms with van der Waals surface area (Å²) in [5.74, 6) is 0.451. The van der Waals surface area contributed by atoms with E-state index in [2.05, 4.69) is 4.99 Å². The maximum Gasteiger partial charge on any atom is 0.235 e. The van der Waals surface area contributed by atoms with Crippen LogP contribution in [0.2, 0.25) is 0 Å². The van der Waals surface area contributed by atoms with Crippen molar-refractivity contribution in [2.24, 2.45) is 10.9 Å². The molecule has 3 nitrogen and oxygen atoms in total. The Kier molecular flexibility index (Phi) is 3.89. The average Bonchev–Trinajstić information content (AvgIpc) is 2.27. The van der Waals surface area contributed by atoms with E-state index >= 15 is 0 Å². The number of rotatable bonds is 5. The molecule has 0 atom stereocenters. The van der Waals surface area contributed by atoms with Crippen LogP contribution in [0.3, 0.4) is 0 Å². The zero-order chi connectivity index (χ0) is 12.1. The third kappa shape index (κ3) is 3.14. The molecule has 0 aliphatic heterocycles. The van der Waals surface area contributed by atoms with Gasteiger partial charge in [0.2, 0.25) is 6.08 Å². The number of benzene rings is 1. The summed E-state index contributed by atoms with van der Waals surface area (Å²) in [6.45, 7) is 0.742. The van der Waals surface area contributed by atoms with E-state index in [0.29, 0.717) is 18.1 Å². The number of carbonyl (C=O) groups excluding carboxylic acids is 1. The number of aliphatic imine (C=N–C) groups is 1. The molecule has 90 valence electrons. The Morgan fingerprint density at radius 1 is 1.47 bits per heavy atom. The zero-order valence-electron chi connectivity index (χ0n) is 9.49. The highest BCUT2D eigenvalue weighted by atomic mass is 19.1. The topological polar surface area (TPSA) is 38.7 Å². The Morgan fingerprint density at radius 3 is 2.88 bits per heavy atom. The molecule has 0 heterocycles. The molecule has 1 saturated carbocycles. The molecule has 1 aliphatic carbocycles. The van der Waals surface area contributed by atoms with Crippen LogP contribution >= 0.6 is 0 Å². The normalized spacial score (nSPS) is 14.9. The fourth-order valence-corrected chi connectivity index (χ4v) is 1.75. The van der Waals surface area contributed by atoms with Crippen molar-refractivity contribution in [3.8, 4) is 5.75 Å². The monoisotopic (exact) mass is 235 g/mol. The van der Waals surface area contributed by atoms with E-state index in [1.54, 1.807) is 12.1 Å². The predicted molar refractivity (Wildman–Crippen MR) is 61.1 cm³/mol. The zero-order valence-corrected chi connectivity index (χ0v) is 9.49. The number of isocyanates is 1. The minimum Gasteiger partial charge on any atom is -0.490 e. The lowest BCUT2D eigenvalue weighted by Crippen LogP contribution is -2.19. The molecule has 2 rings (SSSR count). The van der Waals surface area contributed by atoms with Gasteiger partial charge in [0.25, 0.3) is 0 Å². The lowest BCUT2D eigenvalue weighted by Gasteiger charge is -2.25. The van der Waals surface area contributed by atoms with Gasteiger partial charge < -0.3 is 4.74 Å². The summed E-state index contributed by atoms with van der Waals surface area (Å²) in [7, 11) is 0. The molecule has 1 aromatic rings. The van der Waals surface area contributed by atoms with Crippen molar-refractivity contribution in [2.75, 3.05) is 6.61 Å². The molecule has 17 heavy (non-hydrogen) atoms. The standard InChI is InChI=1S/C13H14FNO2/c14-12-6-11(7-15-9-16)4-5-13(12)17-8-10-2-1-3-10/h4-6,10H,1-3,7-8H2. The lowest BCUT2D eigenvalue weighted by atomic mass is 9.86. The van der Waals surface area contributed by atoms with Gasteiger partial charge in [-0.25, -0.2) is 14.2 Å². The van der Waals surface area contributed by atoms with Crippen molar-refractivity contribution in [3.63, 3.8) is 0 Å². The number of ether oxygens (including phenoxy) is 1. The van der Waals surface area contributed by atoms with Gasteiger partial charge in [-0.05, 0) is 36.5 Å². The highest BCUT2D eigenvalue weighted by molar-refractivity contribution is 5.35. The maximum atomic E-state index is 13.6. The fourth-order valence-electron chi connectivity index (χ4n) is 1.75. The minimum atomic E-state index is -0.400. The lowest BCUT2D eigenvalue weighted by molar-refractivity contribution is 0.175. The Hall–Kier alpha value is -1.67. The second-order valence-corrected chi connectivity index (χ2v) is 4.28. The molecule has 0 N–H and O–H groups in total. The van der Waals surface area contributed by atoms with Crippen LogP contribution in [0.25, 0.3) is 0 Å². The summed E-state index contributed by atoms with van der Waals surface area (Å²) in [5.41, 5.74) is 0.641. The van der Waals surface area contributed by atoms with Crippen LogP contribution in [0.4, 0.5) is 4.39 Å². The first-order valence-corrected chi connectivity index (χ1v) is 5.74. The van der Waals surface area contributed by atoms with Crippen LogP contribution in [0, 0.1) is 11.7 Å². The summed E-state index contributed by atoms with van der Waals surface area (Å²) < 4.78 is 19.0. The highest BCUT2D eigenvalue weighted by Crippen LogP contribution is 2.28. The molecule has 0 bridgehead atoms. The summed E-state index contributed by atoms with van der Waals surface area (Å²) in [5, 5.41) is 0. The third-order valence-electron chi connectivity index (χ3n) is 3.02. The van der Waals surface area contributed by atoms with Crippen LogP contribution in [0.5, 0.6) is 5.75 Å². The van der Waals surface area contributed by atoms with Gasteiger partial charge >= 0.3 is 0 Å². The summed E-state index contributed by atoms with van der Waals surface area (Å²) >= 11 is 0. The molecule has 0 amide bonds. The molecule has 1 aliphatic rings. The fraction of sp³-hybridized carbons (Fsp3) is 0.462. The van der Waals surface area contributed by atoms with E-state index < -0.39 is 5.82 Å². The van der Waals surface area contributed by atoms with Crippen molar-refractivity contribution in [1.29, 1.82) is 0 Å². The maximum absolute atomic E-state index is 13.6. The van der Waals surface area contributed by atoms with Crippen LogP contribution in [-0.2, 0) is 11.3 Å². The van der Waals surface area contributed by atoms with Crippen LogP contribution < -0.4 is 4.74 Å². The van der Waals surface area contributed by atoms with E-state index in [4.69, 9.17) is 4.74 Å². The Balaban J connectivity index is 1.95. The van der Waals surface area contributed by atoms with Gasteiger partial charge in [0.15, 0.2) is 11.6 Å². The van der Waals surface area contributed by atoms with E-state index in [0.717, 1.165) is 0 Å². The minimum absolute atomic E-state index is 0.156. The molecule has 0 radical (unpaired) electrons. The van der Waals surface area contributed by atoms with E-state index in [1.807, 2.05) is 0 Å². The van der Waals surface area contributed by atoms with Gasteiger partial charge in [0, 0.05) is 0 Å². The number of hydrogen-bond donors (Lipinski definition) is 0. The number of halogens is 1. The van der Waals surface area contributed by atoms with Gasteiger partial charge in [-0.3, -0.25) is 0 Å². The third-order valence-corrected chi connectivity index (χ3v) is 3.02. The van der Waals surface area contributed by atoms with Gasteiger partial charge in [-0.2, -0.15) is 0 Å². The second-order valence-electron chi connectivity index (χ2n) is 4.28. The molecule has 0 unspecified atom stereocenters. The smallest absolute Gasteiger partial charge is 0.235 e. The summed E-state index contributed by atoms with van der Waals surface area (Å²) in [6, 6.07) is 4.64. The second kappa shape index (κ2) is 5.60. The Morgan fingerprint density at radius 2 is 2.29 bits per heavy atom. The molecular formula is C13H14FNO2. The van der Waals surface area contributed by atoms with E-state index in [-0.39, 0.29) is 12.3 Å². The van der Waals surface area contributed by atoms with Gasteiger partial charge in [0.05, 0.1) is 13.2 Å². The highest BCUT2D eigenvalue weighted by Gasteiger charge is 2.18. The van der Waals surface area contributed by atoms with E-state index in [1.165, 1.54) is 31.4 Å². The Bertz CT molecular complexity index is 437. The SMILES string of the molecule is O=C=NCc1ccc(OCC2CCC2)c(F)c1. The van der Waals surface area contributed by atoms with Crippen molar-refractivity contribution in [2.45, 2.75) is 25.8 Å².